The molecule has 0 saturated heterocycles. The van der Waals surface area contributed by atoms with E-state index >= 15 is 0 Å². The van der Waals surface area contributed by atoms with Crippen molar-refractivity contribution >= 4 is 95.6 Å². The van der Waals surface area contributed by atoms with Gasteiger partial charge in [-0.3, -0.25) is 4.79 Å². The molecule has 1 amide bonds. The van der Waals surface area contributed by atoms with Crippen LogP contribution in [0.3, 0.4) is 0 Å². The molecule has 150 valence electrons. The Kier molecular flexibility index (Phi) is 8.43. The lowest BCUT2D eigenvalue weighted by molar-refractivity contribution is 0.0934. The highest BCUT2D eigenvalue weighted by Crippen LogP contribution is 2.33. The van der Waals surface area contributed by atoms with Crippen molar-refractivity contribution in [2.45, 2.75) is 23.8 Å². The van der Waals surface area contributed by atoms with Crippen LogP contribution in [0.4, 0.5) is 5.69 Å². The molecule has 2 rings (SSSR count). The van der Waals surface area contributed by atoms with E-state index in [1.165, 1.54) is 0 Å². The molecule has 3 N–H and O–H groups in total. The van der Waals surface area contributed by atoms with E-state index in [9.17, 15) is 4.79 Å². The SMILES string of the molecule is Cc1ccc(C(=O)N[C@H](NC(=S)Nc2c(Br)cc(C)cc2Br)C(Cl)(Cl)Cl)cc1. The molecule has 0 radical (unpaired) electrons. The molecule has 10 heteroatoms. The van der Waals surface area contributed by atoms with E-state index < -0.39 is 15.9 Å². The van der Waals surface area contributed by atoms with Crippen molar-refractivity contribution in [1.82, 2.24) is 10.6 Å². The maximum atomic E-state index is 12.5. The Labute approximate surface area is 200 Å². The van der Waals surface area contributed by atoms with Crippen LogP contribution >= 0.6 is 78.9 Å². The number of alkyl halides is 3. The van der Waals surface area contributed by atoms with Crippen LogP contribution < -0.4 is 16.0 Å². The lowest BCUT2D eigenvalue weighted by Gasteiger charge is -2.28. The van der Waals surface area contributed by atoms with E-state index in [0.29, 0.717) is 11.3 Å². The normalized spacial score (nSPS) is 12.2. The smallest absolute Gasteiger partial charge is 0.252 e. The zero-order chi connectivity index (χ0) is 21.1. The third-order valence-corrected chi connectivity index (χ3v) is 5.74. The molecule has 0 aromatic heterocycles. The number of benzene rings is 2. The quantitative estimate of drug-likeness (QED) is 0.225. The van der Waals surface area contributed by atoms with Crippen molar-refractivity contribution in [3.8, 4) is 0 Å². The highest BCUT2D eigenvalue weighted by Gasteiger charge is 2.35. The molecule has 0 aliphatic rings. The molecule has 2 aromatic carbocycles. The highest BCUT2D eigenvalue weighted by atomic mass is 79.9. The summed E-state index contributed by atoms with van der Waals surface area (Å²) in [5.41, 5.74) is 3.24. The Bertz CT molecular complexity index is 866. The number of carbonyl (C=O) groups excluding carboxylic acids is 1. The van der Waals surface area contributed by atoms with Gasteiger partial charge in [-0.05, 0) is 87.8 Å². The van der Waals surface area contributed by atoms with Crippen molar-refractivity contribution in [1.29, 1.82) is 0 Å². The van der Waals surface area contributed by atoms with Crippen molar-refractivity contribution < 1.29 is 4.79 Å². The maximum absolute atomic E-state index is 12.5. The first-order valence-corrected chi connectivity index (χ1v) is 11.1. The summed E-state index contributed by atoms with van der Waals surface area (Å²) in [7, 11) is 0. The monoisotopic (exact) mass is 585 g/mol. The molecular weight excluding hydrogens is 572 g/mol. The standard InChI is InChI=1S/C18H16Br2Cl3N3OS/c1-9-3-5-11(6-4-9)15(27)25-16(18(21,22)23)26-17(28)24-14-12(19)7-10(2)8-13(14)20/h3-8,16H,1-2H3,(H,25,27)(H2,24,26,28)/t16-/m1/s1. The number of aryl methyl sites for hydroxylation is 2. The molecule has 0 spiro atoms. The number of carbonyl (C=O) groups is 1. The van der Waals surface area contributed by atoms with Gasteiger partial charge < -0.3 is 16.0 Å². The number of nitrogens with one attached hydrogen (secondary N) is 3. The Morgan fingerprint density at radius 3 is 2.04 bits per heavy atom. The van der Waals surface area contributed by atoms with Crippen molar-refractivity contribution in [3.63, 3.8) is 0 Å². The van der Waals surface area contributed by atoms with E-state index in [4.69, 9.17) is 47.0 Å². The Hall–Kier alpha value is -0.570. The number of hydrogen-bond donors (Lipinski definition) is 3. The van der Waals surface area contributed by atoms with E-state index in [1.54, 1.807) is 12.1 Å². The first-order chi connectivity index (χ1) is 13.0. The zero-order valence-corrected chi connectivity index (χ0v) is 21.0. The Morgan fingerprint density at radius 2 is 1.54 bits per heavy atom. The largest absolute Gasteiger partial charge is 0.339 e. The molecule has 28 heavy (non-hydrogen) atoms. The third-order valence-electron chi connectivity index (χ3n) is 3.62. The fourth-order valence-corrected chi connectivity index (χ4v) is 4.38. The number of halogens is 5. The second-order valence-electron chi connectivity index (χ2n) is 6.02. The Morgan fingerprint density at radius 1 is 1.00 bits per heavy atom. The molecule has 0 fully saturated rings. The number of hydrogen-bond acceptors (Lipinski definition) is 2. The first kappa shape index (κ1) is 23.7. The number of anilines is 1. The minimum Gasteiger partial charge on any atom is -0.339 e. The van der Waals surface area contributed by atoms with Gasteiger partial charge in [-0.15, -0.1) is 0 Å². The fraction of sp³-hybridized carbons (Fsp3) is 0.222. The average molecular weight is 589 g/mol. The molecule has 2 aromatic rings. The zero-order valence-electron chi connectivity index (χ0n) is 14.7. The molecule has 0 heterocycles. The summed E-state index contributed by atoms with van der Waals surface area (Å²) >= 11 is 30.4. The van der Waals surface area contributed by atoms with Gasteiger partial charge in [-0.25, -0.2) is 0 Å². The molecule has 0 aliphatic carbocycles. The van der Waals surface area contributed by atoms with Crippen LogP contribution in [0, 0.1) is 13.8 Å². The van der Waals surface area contributed by atoms with Crippen molar-refractivity contribution in [2.24, 2.45) is 0 Å². The predicted molar refractivity (Wildman–Crippen MR) is 129 cm³/mol. The Balaban J connectivity index is 2.13. The van der Waals surface area contributed by atoms with E-state index in [0.717, 1.165) is 20.1 Å². The topological polar surface area (TPSA) is 53.2 Å². The maximum Gasteiger partial charge on any atom is 0.252 e. The number of amides is 1. The van der Waals surface area contributed by atoms with Gasteiger partial charge in [0.05, 0.1) is 5.69 Å². The third kappa shape index (κ3) is 6.75. The summed E-state index contributed by atoms with van der Waals surface area (Å²) < 4.78 is -0.233. The summed E-state index contributed by atoms with van der Waals surface area (Å²) in [4.78, 5) is 12.5. The molecule has 1 atom stereocenters. The summed E-state index contributed by atoms with van der Waals surface area (Å²) in [6.07, 6.45) is -1.06. The van der Waals surface area contributed by atoms with Gasteiger partial charge in [0.1, 0.15) is 6.17 Å². The van der Waals surface area contributed by atoms with Gasteiger partial charge >= 0.3 is 0 Å². The van der Waals surface area contributed by atoms with E-state index in [1.807, 2.05) is 38.1 Å². The van der Waals surface area contributed by atoms with E-state index in [2.05, 4.69) is 47.8 Å². The second-order valence-corrected chi connectivity index (χ2v) is 10.5. The van der Waals surface area contributed by atoms with Crippen LogP contribution in [0.15, 0.2) is 45.3 Å². The lowest BCUT2D eigenvalue weighted by atomic mass is 10.1. The first-order valence-electron chi connectivity index (χ1n) is 7.95. The molecule has 4 nitrogen and oxygen atoms in total. The fourth-order valence-electron chi connectivity index (χ4n) is 2.22. The summed E-state index contributed by atoms with van der Waals surface area (Å²) in [5.74, 6) is -0.399. The van der Waals surface area contributed by atoms with Crippen LogP contribution in [0.5, 0.6) is 0 Å². The van der Waals surface area contributed by atoms with Crippen LogP contribution in [0.25, 0.3) is 0 Å². The number of rotatable bonds is 4. The average Bonchev–Trinajstić information content (AvgIpc) is 2.57. The molecule has 0 saturated carbocycles. The molecule has 0 unspecified atom stereocenters. The molecule has 0 aliphatic heterocycles. The minimum absolute atomic E-state index is 0.172. The van der Waals surface area contributed by atoms with Crippen molar-refractivity contribution in [3.05, 3.63) is 62.0 Å². The van der Waals surface area contributed by atoms with Gasteiger partial charge in [0.15, 0.2) is 5.11 Å². The summed E-state index contributed by atoms with van der Waals surface area (Å²) in [5, 5.41) is 8.69. The highest BCUT2D eigenvalue weighted by molar-refractivity contribution is 9.11. The predicted octanol–water partition coefficient (Wildman–Crippen LogP) is 6.24. The van der Waals surface area contributed by atoms with Gasteiger partial charge in [0.2, 0.25) is 3.79 Å². The molecular formula is C18H16Br2Cl3N3OS. The second kappa shape index (κ2) is 9.96. The molecule has 0 bridgehead atoms. The van der Waals surface area contributed by atoms with Gasteiger partial charge in [-0.1, -0.05) is 52.5 Å². The van der Waals surface area contributed by atoms with Crippen LogP contribution in [0.2, 0.25) is 0 Å². The van der Waals surface area contributed by atoms with E-state index in [-0.39, 0.29) is 5.11 Å². The summed E-state index contributed by atoms with van der Waals surface area (Å²) in [6, 6.07) is 10.9. The van der Waals surface area contributed by atoms with Crippen LogP contribution in [0.1, 0.15) is 21.5 Å². The van der Waals surface area contributed by atoms with Crippen LogP contribution in [-0.4, -0.2) is 21.0 Å². The van der Waals surface area contributed by atoms with Gasteiger partial charge in [-0.2, -0.15) is 0 Å². The lowest BCUT2D eigenvalue weighted by Crippen LogP contribution is -2.56. The van der Waals surface area contributed by atoms with Crippen molar-refractivity contribution in [2.75, 3.05) is 5.32 Å². The van der Waals surface area contributed by atoms with Gasteiger partial charge in [0.25, 0.3) is 5.91 Å². The van der Waals surface area contributed by atoms with Gasteiger partial charge in [0, 0.05) is 14.5 Å². The number of thiocarbonyl (C=S) groups is 1. The summed E-state index contributed by atoms with van der Waals surface area (Å²) in [6.45, 7) is 3.90. The minimum atomic E-state index is -1.84. The van der Waals surface area contributed by atoms with Crippen LogP contribution in [-0.2, 0) is 0 Å².